The number of thiazole rings is 1. The fraction of sp³-hybridized carbons (Fsp3) is 0.273. The van der Waals surface area contributed by atoms with Gasteiger partial charge in [-0.2, -0.15) is 4.57 Å². The van der Waals surface area contributed by atoms with E-state index in [1.54, 1.807) is 48.6 Å². The summed E-state index contributed by atoms with van der Waals surface area (Å²) in [5, 5.41) is 11.6. The molecule has 0 aliphatic carbocycles. The number of rotatable bonds is 3. The van der Waals surface area contributed by atoms with Crippen molar-refractivity contribution in [3.63, 3.8) is 0 Å². The maximum Gasteiger partial charge on any atom is 0.224 e. The van der Waals surface area contributed by atoms with E-state index >= 15 is 0 Å². The van der Waals surface area contributed by atoms with E-state index < -0.39 is 16.2 Å². The van der Waals surface area contributed by atoms with Crippen LogP contribution in [-0.4, -0.2) is 30.0 Å². The van der Waals surface area contributed by atoms with Crippen molar-refractivity contribution in [1.82, 2.24) is 0 Å². The summed E-state index contributed by atoms with van der Waals surface area (Å²) in [6.45, 7) is 6.46. The molecule has 1 aliphatic heterocycles. The minimum Gasteiger partial charge on any atom is -0.744 e. The molecule has 7 nitrogen and oxygen atoms in total. The molecule has 0 bridgehead atoms. The number of ketones is 1. The zero-order valence-electron chi connectivity index (χ0n) is 17.3. The Labute approximate surface area is 185 Å². The number of hydrogen-bond acceptors (Lipinski definition) is 7. The van der Waals surface area contributed by atoms with Crippen LogP contribution in [0.25, 0.3) is 0 Å². The lowest BCUT2D eigenvalue weighted by atomic mass is 9.86. The quantitative estimate of drug-likeness (QED) is 0.474. The van der Waals surface area contributed by atoms with E-state index in [0.29, 0.717) is 5.75 Å². The van der Waals surface area contributed by atoms with Crippen LogP contribution in [0.4, 0.5) is 0 Å². The Morgan fingerprint density at radius 1 is 1.19 bits per heavy atom. The van der Waals surface area contributed by atoms with E-state index in [0.717, 1.165) is 23.4 Å². The lowest BCUT2D eigenvalue weighted by Crippen LogP contribution is -2.42. The van der Waals surface area contributed by atoms with Crippen molar-refractivity contribution < 1.29 is 32.2 Å². The second-order valence-corrected chi connectivity index (χ2v) is 9.25. The van der Waals surface area contributed by atoms with Crippen LogP contribution >= 0.6 is 11.3 Å². The average Bonchev–Trinajstić information content (AvgIpc) is 3.17. The molecule has 2 atom stereocenters. The number of benzene rings is 2. The number of fused-ring (bicyclic) bond motifs is 1. The van der Waals surface area contributed by atoms with Crippen molar-refractivity contribution in [3.05, 3.63) is 70.2 Å². The number of Topliss-reactive ketones (excluding diaryl/α,β-unsaturated/α-hetero) is 1. The van der Waals surface area contributed by atoms with Gasteiger partial charge in [0.2, 0.25) is 11.2 Å². The van der Waals surface area contributed by atoms with Gasteiger partial charge in [-0.3, -0.25) is 4.79 Å². The lowest BCUT2D eigenvalue weighted by molar-refractivity contribution is -0.696. The predicted molar refractivity (Wildman–Crippen MR) is 114 cm³/mol. The minimum absolute atomic E-state index is 0.0591. The molecule has 0 spiro atoms. The Morgan fingerprint density at radius 2 is 1.87 bits per heavy atom. The molecular weight excluding hydrogens is 438 g/mol. The molecule has 2 aromatic carbocycles. The Balaban J connectivity index is 0.000000210. The van der Waals surface area contributed by atoms with Crippen molar-refractivity contribution in [2.75, 3.05) is 0 Å². The van der Waals surface area contributed by atoms with Crippen LogP contribution in [0.1, 0.15) is 36.6 Å². The molecule has 1 aromatic heterocycles. The Hall–Kier alpha value is -2.75. The van der Waals surface area contributed by atoms with Crippen LogP contribution in [0.15, 0.2) is 58.3 Å². The lowest BCUT2D eigenvalue weighted by Gasteiger charge is -2.27. The zero-order valence-corrected chi connectivity index (χ0v) is 18.9. The standard InChI is InChI=1S/C15H15NO3S.C7H8O3S/c1-3-16-8-20-7-12(16)14-11-5-4-10(17)6-13(11)19-9(2)15(14)18;1-6-2-4-7(5-3-6)11(8,9)10/h4-9,14H,3H2,1-2H3;2-5H,1H3,(H,8,9,10). The molecule has 31 heavy (non-hydrogen) atoms. The molecule has 4 rings (SSSR count). The van der Waals surface area contributed by atoms with Crippen LogP contribution < -0.4 is 9.30 Å². The van der Waals surface area contributed by atoms with Gasteiger partial charge in [0.15, 0.2) is 11.9 Å². The van der Waals surface area contributed by atoms with Gasteiger partial charge in [-0.15, -0.1) is 0 Å². The molecule has 164 valence electrons. The van der Waals surface area contributed by atoms with Crippen molar-refractivity contribution in [2.45, 2.75) is 44.2 Å². The van der Waals surface area contributed by atoms with Crippen molar-refractivity contribution in [3.8, 4) is 11.5 Å². The second kappa shape index (κ2) is 9.17. The van der Waals surface area contributed by atoms with Gasteiger partial charge in [-0.25, -0.2) is 8.42 Å². The second-order valence-electron chi connectivity index (χ2n) is 7.15. The Morgan fingerprint density at radius 3 is 2.48 bits per heavy atom. The van der Waals surface area contributed by atoms with Gasteiger partial charge in [-0.05, 0) is 39.0 Å². The summed E-state index contributed by atoms with van der Waals surface area (Å²) in [5.41, 5.74) is 4.76. The molecule has 1 N–H and O–H groups in total. The van der Waals surface area contributed by atoms with Gasteiger partial charge in [0.05, 0.1) is 10.3 Å². The maximum absolute atomic E-state index is 12.5. The van der Waals surface area contributed by atoms with E-state index in [4.69, 9.17) is 4.74 Å². The Bertz CT molecular complexity index is 1180. The van der Waals surface area contributed by atoms with Crippen molar-refractivity contribution in [2.24, 2.45) is 0 Å². The topological polar surface area (TPSA) is 108 Å². The number of aromatic hydroxyl groups is 1. The normalized spacial score (nSPS) is 17.9. The third-order valence-electron chi connectivity index (χ3n) is 4.95. The number of aromatic nitrogens is 1. The smallest absolute Gasteiger partial charge is 0.224 e. The molecule has 0 fully saturated rings. The van der Waals surface area contributed by atoms with Gasteiger partial charge in [0.1, 0.15) is 34.1 Å². The molecule has 0 amide bonds. The summed E-state index contributed by atoms with van der Waals surface area (Å²) in [6, 6.07) is 10.7. The van der Waals surface area contributed by atoms with Crippen LogP contribution in [0, 0.1) is 6.92 Å². The SMILES string of the molecule is CC[n+]1cscc1C1C(=O)C(C)Oc2cc(O)ccc21.Cc1ccc(S(=O)(=O)[O-])cc1. The fourth-order valence-corrected chi connectivity index (χ4v) is 4.66. The van der Waals surface area contributed by atoms with Gasteiger partial charge >= 0.3 is 0 Å². The number of nitrogens with zero attached hydrogens (tertiary/aromatic N) is 1. The molecule has 2 heterocycles. The largest absolute Gasteiger partial charge is 0.744 e. The number of ether oxygens (including phenoxy) is 1. The highest BCUT2D eigenvalue weighted by Crippen LogP contribution is 2.39. The van der Waals surface area contributed by atoms with Crippen LogP contribution in [-0.2, 0) is 21.5 Å². The van der Waals surface area contributed by atoms with E-state index in [-0.39, 0.29) is 22.3 Å². The maximum atomic E-state index is 12.5. The highest BCUT2D eigenvalue weighted by atomic mass is 32.2. The predicted octanol–water partition coefficient (Wildman–Crippen LogP) is 3.14. The first-order chi connectivity index (χ1) is 14.6. The molecular formula is C22H23NO6S2. The third-order valence-corrected chi connectivity index (χ3v) is 6.56. The van der Waals surface area contributed by atoms with Crippen LogP contribution in [0.2, 0.25) is 0 Å². The zero-order chi connectivity index (χ0) is 22.8. The van der Waals surface area contributed by atoms with Crippen LogP contribution in [0.3, 0.4) is 0 Å². The van der Waals surface area contributed by atoms with Gasteiger partial charge < -0.3 is 14.4 Å². The van der Waals surface area contributed by atoms with Gasteiger partial charge in [0.25, 0.3) is 0 Å². The molecule has 0 saturated carbocycles. The van der Waals surface area contributed by atoms with Crippen LogP contribution in [0.5, 0.6) is 11.5 Å². The number of carbonyl (C=O) groups is 1. The molecule has 2 unspecified atom stereocenters. The fourth-order valence-electron chi connectivity index (χ4n) is 3.30. The van der Waals surface area contributed by atoms with E-state index in [1.165, 1.54) is 12.1 Å². The highest BCUT2D eigenvalue weighted by molar-refractivity contribution is 7.85. The van der Waals surface area contributed by atoms with E-state index in [1.807, 2.05) is 17.8 Å². The first-order valence-corrected chi connectivity index (χ1v) is 12.0. The summed E-state index contributed by atoms with van der Waals surface area (Å²) in [5.74, 6) is 0.484. The van der Waals surface area contributed by atoms with Gasteiger partial charge in [0, 0.05) is 11.6 Å². The third kappa shape index (κ3) is 5.12. The Kier molecular flexibility index (Phi) is 6.78. The number of hydrogen-bond donors (Lipinski definition) is 1. The number of carbonyl (C=O) groups excluding carboxylic acids is 1. The summed E-state index contributed by atoms with van der Waals surface area (Å²) in [7, 11) is -4.27. The van der Waals surface area contributed by atoms with E-state index in [2.05, 4.69) is 11.5 Å². The highest BCUT2D eigenvalue weighted by Gasteiger charge is 2.40. The molecule has 1 aliphatic rings. The molecule has 9 heteroatoms. The average molecular weight is 462 g/mol. The van der Waals surface area contributed by atoms with Crippen molar-refractivity contribution >= 4 is 27.2 Å². The summed E-state index contributed by atoms with van der Waals surface area (Å²) in [4.78, 5) is 12.4. The molecule has 0 saturated heterocycles. The minimum atomic E-state index is -4.27. The molecule has 0 radical (unpaired) electrons. The van der Waals surface area contributed by atoms with Gasteiger partial charge in [-0.1, -0.05) is 35.1 Å². The number of phenolic OH excluding ortho intramolecular Hbond substituents is 1. The molecule has 3 aromatic rings. The first-order valence-electron chi connectivity index (χ1n) is 9.63. The van der Waals surface area contributed by atoms with Crippen molar-refractivity contribution in [1.29, 1.82) is 0 Å². The van der Waals surface area contributed by atoms with E-state index in [9.17, 15) is 22.9 Å². The summed E-state index contributed by atoms with van der Waals surface area (Å²) in [6.07, 6.45) is -0.500. The summed E-state index contributed by atoms with van der Waals surface area (Å²) < 4.78 is 38.9. The number of phenols is 1. The summed E-state index contributed by atoms with van der Waals surface area (Å²) >= 11 is 1.59. The first kappa shape index (κ1) is 22.9. The monoisotopic (exact) mass is 461 g/mol. The number of aryl methyl sites for hydroxylation is 2.